The molecule has 6 heteroatoms. The van der Waals surface area contributed by atoms with Gasteiger partial charge in [0.25, 0.3) is 0 Å². The van der Waals surface area contributed by atoms with Crippen molar-refractivity contribution in [1.82, 2.24) is 4.98 Å². The van der Waals surface area contributed by atoms with Crippen LogP contribution in [0.4, 0.5) is 19.0 Å². The Labute approximate surface area is 66.5 Å². The van der Waals surface area contributed by atoms with E-state index in [9.17, 15) is 13.2 Å². The van der Waals surface area contributed by atoms with E-state index in [-0.39, 0.29) is 11.4 Å². The van der Waals surface area contributed by atoms with Crippen LogP contribution in [0, 0.1) is 0 Å². The highest BCUT2D eigenvalue weighted by atomic mass is 19.4. The average molecular weight is 179 g/mol. The Morgan fingerprint density at radius 3 is 2.33 bits per heavy atom. The number of halogens is 3. The van der Waals surface area contributed by atoms with Gasteiger partial charge in [0.15, 0.2) is 0 Å². The van der Waals surface area contributed by atoms with Crippen LogP contribution in [0.3, 0.4) is 0 Å². The van der Waals surface area contributed by atoms with Crippen LogP contribution in [0.2, 0.25) is 0 Å². The summed E-state index contributed by atoms with van der Waals surface area (Å²) in [4.78, 5) is 2.42. The summed E-state index contributed by atoms with van der Waals surface area (Å²) >= 11 is 0. The molecular weight excluding hydrogens is 171 g/mol. The molecule has 0 aliphatic rings. The monoisotopic (exact) mass is 179 g/mol. The predicted molar refractivity (Wildman–Crippen MR) is 38.2 cm³/mol. The molecule has 1 aromatic heterocycles. The second-order valence-electron chi connectivity index (χ2n) is 2.37. The van der Waals surface area contributed by atoms with Crippen molar-refractivity contribution in [2.24, 2.45) is 5.73 Å². The van der Waals surface area contributed by atoms with Crippen molar-refractivity contribution in [3.05, 3.63) is 17.8 Å². The standard InChI is InChI=1S/C6H8F3N3/c7-6(8,9)4(10)3-1-2-12-5(3)11/h1-2,4,12H,10-11H2. The third kappa shape index (κ3) is 1.53. The first-order chi connectivity index (χ1) is 5.43. The van der Waals surface area contributed by atoms with Crippen LogP contribution in [-0.2, 0) is 0 Å². The third-order valence-electron chi connectivity index (χ3n) is 1.50. The van der Waals surface area contributed by atoms with Crippen LogP contribution in [0.1, 0.15) is 11.6 Å². The highest BCUT2D eigenvalue weighted by molar-refractivity contribution is 5.42. The van der Waals surface area contributed by atoms with Gasteiger partial charge in [0.1, 0.15) is 11.9 Å². The van der Waals surface area contributed by atoms with E-state index in [1.807, 2.05) is 0 Å². The first kappa shape index (κ1) is 8.92. The molecule has 3 nitrogen and oxygen atoms in total. The van der Waals surface area contributed by atoms with E-state index in [2.05, 4.69) is 4.98 Å². The molecule has 0 bridgehead atoms. The van der Waals surface area contributed by atoms with Crippen molar-refractivity contribution in [2.45, 2.75) is 12.2 Å². The van der Waals surface area contributed by atoms with Crippen LogP contribution in [0.25, 0.3) is 0 Å². The molecule has 68 valence electrons. The number of aromatic nitrogens is 1. The molecule has 0 spiro atoms. The van der Waals surface area contributed by atoms with Crippen molar-refractivity contribution >= 4 is 5.82 Å². The quantitative estimate of drug-likeness (QED) is 0.605. The van der Waals surface area contributed by atoms with Crippen LogP contribution in [-0.4, -0.2) is 11.2 Å². The minimum Gasteiger partial charge on any atom is -0.385 e. The van der Waals surface area contributed by atoms with E-state index in [0.717, 1.165) is 0 Å². The summed E-state index contributed by atoms with van der Waals surface area (Å²) in [5.74, 6) is -0.0418. The van der Waals surface area contributed by atoms with Gasteiger partial charge in [-0.3, -0.25) is 0 Å². The third-order valence-corrected chi connectivity index (χ3v) is 1.50. The number of aromatic amines is 1. The molecule has 1 rings (SSSR count). The van der Waals surface area contributed by atoms with E-state index in [4.69, 9.17) is 11.5 Å². The number of H-pyrrole nitrogens is 1. The molecule has 0 aliphatic carbocycles. The summed E-state index contributed by atoms with van der Waals surface area (Å²) in [6.45, 7) is 0. The summed E-state index contributed by atoms with van der Waals surface area (Å²) in [6, 6.07) is -0.795. The van der Waals surface area contributed by atoms with Gasteiger partial charge in [-0.15, -0.1) is 0 Å². The molecule has 0 saturated heterocycles. The number of hydrogen-bond acceptors (Lipinski definition) is 2. The fourth-order valence-corrected chi connectivity index (χ4v) is 0.842. The van der Waals surface area contributed by atoms with Crippen molar-refractivity contribution in [3.8, 4) is 0 Å². The summed E-state index contributed by atoms with van der Waals surface area (Å²) in [6.07, 6.45) is -3.13. The Kier molecular flexibility index (Phi) is 2.01. The summed E-state index contributed by atoms with van der Waals surface area (Å²) in [5.41, 5.74) is 9.97. The van der Waals surface area contributed by atoms with Crippen molar-refractivity contribution in [3.63, 3.8) is 0 Å². The summed E-state index contributed by atoms with van der Waals surface area (Å²) in [5, 5.41) is 0. The number of alkyl halides is 3. The number of nitrogens with two attached hydrogens (primary N) is 2. The van der Waals surface area contributed by atoms with Gasteiger partial charge >= 0.3 is 6.18 Å². The van der Waals surface area contributed by atoms with Gasteiger partial charge < -0.3 is 16.5 Å². The van der Waals surface area contributed by atoms with E-state index < -0.39 is 12.2 Å². The first-order valence-electron chi connectivity index (χ1n) is 3.18. The first-order valence-corrected chi connectivity index (χ1v) is 3.18. The molecule has 1 atom stereocenters. The van der Waals surface area contributed by atoms with Crippen molar-refractivity contribution in [2.75, 3.05) is 5.73 Å². The van der Waals surface area contributed by atoms with Crippen LogP contribution < -0.4 is 11.5 Å². The van der Waals surface area contributed by atoms with Crippen LogP contribution in [0.5, 0.6) is 0 Å². The van der Waals surface area contributed by atoms with Gasteiger partial charge in [0.2, 0.25) is 0 Å². The molecule has 1 aromatic rings. The Morgan fingerprint density at radius 2 is 2.00 bits per heavy atom. The molecule has 0 fully saturated rings. The number of anilines is 1. The second-order valence-corrected chi connectivity index (χ2v) is 2.37. The van der Waals surface area contributed by atoms with Gasteiger partial charge in [-0.1, -0.05) is 0 Å². The van der Waals surface area contributed by atoms with Crippen LogP contribution >= 0.6 is 0 Å². The Morgan fingerprint density at radius 1 is 1.42 bits per heavy atom. The lowest BCUT2D eigenvalue weighted by molar-refractivity contribution is -0.149. The molecule has 0 aliphatic heterocycles. The lowest BCUT2D eigenvalue weighted by atomic mass is 10.1. The molecule has 5 N–H and O–H groups in total. The van der Waals surface area contributed by atoms with E-state index in [1.54, 1.807) is 0 Å². The maximum absolute atomic E-state index is 12.0. The number of nitrogens with one attached hydrogen (secondary N) is 1. The smallest absolute Gasteiger partial charge is 0.385 e. The Hall–Kier alpha value is -1.17. The number of nitrogen functional groups attached to an aromatic ring is 1. The van der Waals surface area contributed by atoms with Gasteiger partial charge in [-0.2, -0.15) is 13.2 Å². The molecule has 0 radical (unpaired) electrons. The SMILES string of the molecule is Nc1[nH]ccc1C(N)C(F)(F)F. The molecule has 1 unspecified atom stereocenters. The lowest BCUT2D eigenvalue weighted by Gasteiger charge is -2.14. The maximum Gasteiger partial charge on any atom is 0.407 e. The zero-order chi connectivity index (χ0) is 9.35. The average Bonchev–Trinajstić information content (AvgIpc) is 2.31. The molecule has 0 aromatic carbocycles. The molecular formula is C6H8F3N3. The van der Waals surface area contributed by atoms with Gasteiger partial charge in [-0.25, -0.2) is 0 Å². The zero-order valence-corrected chi connectivity index (χ0v) is 6.02. The topological polar surface area (TPSA) is 67.8 Å². The van der Waals surface area contributed by atoms with Gasteiger partial charge in [0.05, 0.1) is 0 Å². The number of rotatable bonds is 1. The Balaban J connectivity index is 2.92. The fraction of sp³-hybridized carbons (Fsp3) is 0.333. The molecule has 0 amide bonds. The fourth-order valence-electron chi connectivity index (χ4n) is 0.842. The number of hydrogen-bond donors (Lipinski definition) is 3. The van der Waals surface area contributed by atoms with E-state index >= 15 is 0 Å². The maximum atomic E-state index is 12.0. The van der Waals surface area contributed by atoms with Crippen LogP contribution in [0.15, 0.2) is 12.3 Å². The molecule has 1 heterocycles. The van der Waals surface area contributed by atoms with Gasteiger partial charge in [0, 0.05) is 11.8 Å². The predicted octanol–water partition coefficient (Wildman–Crippen LogP) is 1.16. The normalized spacial score (nSPS) is 14.7. The zero-order valence-electron chi connectivity index (χ0n) is 6.02. The molecule has 12 heavy (non-hydrogen) atoms. The molecule has 0 saturated carbocycles. The highest BCUT2D eigenvalue weighted by Crippen LogP contribution is 2.32. The van der Waals surface area contributed by atoms with E-state index in [0.29, 0.717) is 0 Å². The minimum atomic E-state index is -4.45. The highest BCUT2D eigenvalue weighted by Gasteiger charge is 2.39. The van der Waals surface area contributed by atoms with Gasteiger partial charge in [-0.05, 0) is 6.07 Å². The Bertz CT molecular complexity index is 265. The largest absolute Gasteiger partial charge is 0.407 e. The lowest BCUT2D eigenvalue weighted by Crippen LogP contribution is -2.28. The van der Waals surface area contributed by atoms with E-state index in [1.165, 1.54) is 12.3 Å². The van der Waals surface area contributed by atoms with Crippen molar-refractivity contribution in [1.29, 1.82) is 0 Å². The van der Waals surface area contributed by atoms with Crippen molar-refractivity contribution < 1.29 is 13.2 Å². The minimum absolute atomic E-state index is 0.0418. The summed E-state index contributed by atoms with van der Waals surface area (Å²) in [7, 11) is 0. The summed E-state index contributed by atoms with van der Waals surface area (Å²) < 4.78 is 36.0. The second kappa shape index (κ2) is 2.71.